The van der Waals surface area contributed by atoms with E-state index in [0.29, 0.717) is 29.4 Å². The zero-order valence-corrected chi connectivity index (χ0v) is 19.8. The van der Waals surface area contributed by atoms with E-state index in [4.69, 9.17) is 19.9 Å². The van der Waals surface area contributed by atoms with Crippen molar-refractivity contribution in [2.45, 2.75) is 13.5 Å². The molecule has 0 aliphatic rings. The molecule has 4 aromatic rings. The van der Waals surface area contributed by atoms with Crippen LogP contribution >= 0.6 is 0 Å². The molecule has 0 bridgehead atoms. The van der Waals surface area contributed by atoms with Gasteiger partial charge in [0.2, 0.25) is 5.75 Å². The summed E-state index contributed by atoms with van der Waals surface area (Å²) in [6.07, 6.45) is 0. The number of amides is 1. The van der Waals surface area contributed by atoms with E-state index in [1.807, 2.05) is 43.3 Å². The topological polar surface area (TPSA) is 75.7 Å². The van der Waals surface area contributed by atoms with Crippen molar-refractivity contribution >= 4 is 5.91 Å². The Labute approximate surface area is 199 Å². The van der Waals surface area contributed by atoms with E-state index in [9.17, 15) is 4.79 Å². The Hall–Kier alpha value is -4.19. The van der Waals surface area contributed by atoms with Gasteiger partial charge in [0.05, 0.1) is 26.9 Å². The molecule has 1 aromatic heterocycles. The number of hydrogen-bond acceptors (Lipinski definition) is 4. The van der Waals surface area contributed by atoms with Gasteiger partial charge in [-0.05, 0) is 47.4 Å². The van der Waals surface area contributed by atoms with Crippen molar-refractivity contribution in [3.05, 3.63) is 89.6 Å². The predicted molar refractivity (Wildman–Crippen MR) is 134 cm³/mol. The summed E-state index contributed by atoms with van der Waals surface area (Å²) in [5.41, 5.74) is 12.1. The monoisotopic (exact) mass is 456 g/mol. The second-order valence-corrected chi connectivity index (χ2v) is 7.96. The molecule has 4 rings (SSSR count). The predicted octanol–water partition coefficient (Wildman–Crippen LogP) is 5.30. The van der Waals surface area contributed by atoms with E-state index in [-0.39, 0.29) is 0 Å². The Kier molecular flexibility index (Phi) is 6.59. The number of ether oxygens (including phenoxy) is 3. The first-order valence-electron chi connectivity index (χ1n) is 10.9. The van der Waals surface area contributed by atoms with Crippen LogP contribution in [0.25, 0.3) is 22.4 Å². The third-order valence-electron chi connectivity index (χ3n) is 5.98. The Bertz CT molecular complexity index is 1280. The lowest BCUT2D eigenvalue weighted by Gasteiger charge is -2.17. The summed E-state index contributed by atoms with van der Waals surface area (Å²) in [7, 11) is 4.76. The zero-order valence-electron chi connectivity index (χ0n) is 19.8. The average Bonchev–Trinajstić information content (AvgIpc) is 3.20. The summed E-state index contributed by atoms with van der Waals surface area (Å²) in [5, 5.41) is 0. The van der Waals surface area contributed by atoms with E-state index in [2.05, 4.69) is 41.0 Å². The molecule has 34 heavy (non-hydrogen) atoms. The Morgan fingerprint density at radius 1 is 0.794 bits per heavy atom. The number of rotatable bonds is 8. The Morgan fingerprint density at radius 3 is 1.88 bits per heavy atom. The number of nitrogens with zero attached hydrogens (tertiary/aromatic N) is 1. The van der Waals surface area contributed by atoms with E-state index in [1.54, 1.807) is 21.3 Å². The minimum atomic E-state index is -0.455. The van der Waals surface area contributed by atoms with Crippen LogP contribution in [0.1, 0.15) is 21.6 Å². The lowest BCUT2D eigenvalue weighted by Crippen LogP contribution is -2.13. The molecular weight excluding hydrogens is 428 g/mol. The molecule has 174 valence electrons. The highest BCUT2D eigenvalue weighted by Gasteiger charge is 2.19. The molecule has 0 radical (unpaired) electrons. The quantitative estimate of drug-likeness (QED) is 0.390. The van der Waals surface area contributed by atoms with Gasteiger partial charge in [0.1, 0.15) is 0 Å². The second kappa shape index (κ2) is 9.75. The van der Waals surface area contributed by atoms with Crippen LogP contribution in [0.15, 0.2) is 72.8 Å². The summed E-state index contributed by atoms with van der Waals surface area (Å²) in [4.78, 5) is 12.1. The molecule has 0 atom stereocenters. The van der Waals surface area contributed by atoms with Gasteiger partial charge in [0, 0.05) is 17.9 Å². The van der Waals surface area contributed by atoms with Crippen molar-refractivity contribution < 1.29 is 19.0 Å². The van der Waals surface area contributed by atoms with Crippen LogP contribution in [-0.4, -0.2) is 31.8 Å². The number of nitrogens with two attached hydrogens (primary N) is 1. The number of benzene rings is 3. The van der Waals surface area contributed by atoms with Crippen molar-refractivity contribution in [3.8, 4) is 39.6 Å². The molecule has 3 aromatic carbocycles. The highest BCUT2D eigenvalue weighted by Crippen LogP contribution is 2.39. The minimum absolute atomic E-state index is 0.455. The fourth-order valence-electron chi connectivity index (χ4n) is 4.21. The standard InChI is InChI=1S/C28H28N2O4/c1-18-23(28(29)31)16-24(22-12-10-21(11-13-22)20-8-6-5-7-9-20)30(18)17-19-14-25(32-2)27(34-4)26(15-19)33-3/h5-16H,17H2,1-4H3,(H2,29,31). The van der Waals surface area contributed by atoms with E-state index in [0.717, 1.165) is 33.6 Å². The zero-order chi connectivity index (χ0) is 24.2. The number of carbonyl (C=O) groups is 1. The summed E-state index contributed by atoms with van der Waals surface area (Å²) in [6.45, 7) is 2.39. The van der Waals surface area contributed by atoms with Crippen LogP contribution in [0, 0.1) is 6.92 Å². The maximum atomic E-state index is 12.1. The smallest absolute Gasteiger partial charge is 0.250 e. The van der Waals surface area contributed by atoms with Gasteiger partial charge in [0.15, 0.2) is 11.5 Å². The van der Waals surface area contributed by atoms with Crippen molar-refractivity contribution in [1.82, 2.24) is 4.57 Å². The summed E-state index contributed by atoms with van der Waals surface area (Å²) in [5.74, 6) is 1.23. The molecular formula is C28H28N2O4. The van der Waals surface area contributed by atoms with Crippen LogP contribution < -0.4 is 19.9 Å². The van der Waals surface area contributed by atoms with Crippen molar-refractivity contribution in [2.75, 3.05) is 21.3 Å². The highest BCUT2D eigenvalue weighted by atomic mass is 16.5. The molecule has 1 heterocycles. The third-order valence-corrected chi connectivity index (χ3v) is 5.98. The number of carbonyl (C=O) groups excluding carboxylic acids is 1. The van der Waals surface area contributed by atoms with Crippen molar-refractivity contribution in [1.29, 1.82) is 0 Å². The minimum Gasteiger partial charge on any atom is -0.493 e. The molecule has 2 N–H and O–H groups in total. The van der Waals surface area contributed by atoms with Crippen LogP contribution in [0.3, 0.4) is 0 Å². The maximum absolute atomic E-state index is 12.1. The van der Waals surface area contributed by atoms with E-state index < -0.39 is 5.91 Å². The molecule has 0 unspecified atom stereocenters. The van der Waals surface area contributed by atoms with Gasteiger partial charge in [-0.3, -0.25) is 4.79 Å². The summed E-state index contributed by atoms with van der Waals surface area (Å²) in [6, 6.07) is 24.2. The third kappa shape index (κ3) is 4.35. The maximum Gasteiger partial charge on any atom is 0.250 e. The molecule has 0 aliphatic heterocycles. The van der Waals surface area contributed by atoms with Gasteiger partial charge < -0.3 is 24.5 Å². The molecule has 0 spiro atoms. The molecule has 0 saturated heterocycles. The van der Waals surface area contributed by atoms with E-state index in [1.165, 1.54) is 0 Å². The molecule has 0 saturated carbocycles. The van der Waals surface area contributed by atoms with Crippen molar-refractivity contribution in [3.63, 3.8) is 0 Å². The average molecular weight is 457 g/mol. The summed E-state index contributed by atoms with van der Waals surface area (Å²) >= 11 is 0. The van der Waals surface area contributed by atoms with Gasteiger partial charge >= 0.3 is 0 Å². The first-order chi connectivity index (χ1) is 16.5. The first-order valence-corrected chi connectivity index (χ1v) is 10.9. The van der Waals surface area contributed by atoms with Crippen LogP contribution in [0.2, 0.25) is 0 Å². The molecule has 1 amide bonds. The van der Waals surface area contributed by atoms with Gasteiger partial charge in [-0.25, -0.2) is 0 Å². The van der Waals surface area contributed by atoms with Crippen LogP contribution in [0.4, 0.5) is 0 Å². The van der Waals surface area contributed by atoms with Gasteiger partial charge in [-0.15, -0.1) is 0 Å². The second-order valence-electron chi connectivity index (χ2n) is 7.96. The lowest BCUT2D eigenvalue weighted by molar-refractivity contribution is 0.0999. The molecule has 0 fully saturated rings. The van der Waals surface area contributed by atoms with Gasteiger partial charge in [0.25, 0.3) is 5.91 Å². The number of hydrogen-bond donors (Lipinski definition) is 1. The summed E-state index contributed by atoms with van der Waals surface area (Å²) < 4.78 is 18.6. The van der Waals surface area contributed by atoms with E-state index >= 15 is 0 Å². The van der Waals surface area contributed by atoms with Crippen molar-refractivity contribution in [2.24, 2.45) is 5.73 Å². The van der Waals surface area contributed by atoms with Crippen LogP contribution in [0.5, 0.6) is 17.2 Å². The molecule has 6 heteroatoms. The number of methoxy groups -OCH3 is 3. The molecule has 6 nitrogen and oxygen atoms in total. The Morgan fingerprint density at radius 2 is 1.35 bits per heavy atom. The fraction of sp³-hybridized carbons (Fsp3) is 0.179. The largest absolute Gasteiger partial charge is 0.493 e. The first kappa shape index (κ1) is 23.0. The lowest BCUT2D eigenvalue weighted by atomic mass is 10.0. The fourth-order valence-corrected chi connectivity index (χ4v) is 4.21. The number of primary amides is 1. The van der Waals surface area contributed by atoms with Gasteiger partial charge in [-0.2, -0.15) is 0 Å². The Balaban J connectivity index is 1.78. The normalized spacial score (nSPS) is 10.7. The molecule has 0 aliphatic carbocycles. The number of aromatic nitrogens is 1. The van der Waals surface area contributed by atoms with Gasteiger partial charge in [-0.1, -0.05) is 54.6 Å². The SMILES string of the molecule is COc1cc(Cn2c(-c3ccc(-c4ccccc4)cc3)cc(C(N)=O)c2C)cc(OC)c1OC. The highest BCUT2D eigenvalue weighted by molar-refractivity contribution is 5.95. The van der Waals surface area contributed by atoms with Crippen LogP contribution in [-0.2, 0) is 6.54 Å².